The summed E-state index contributed by atoms with van der Waals surface area (Å²) in [6.45, 7) is 2.84. The largest absolute Gasteiger partial charge is 0.480 e. The molecule has 0 aromatic heterocycles. The summed E-state index contributed by atoms with van der Waals surface area (Å²) in [5.41, 5.74) is 10.6. The fraction of sp³-hybridized carbons (Fsp3) is 0.692. The van der Waals surface area contributed by atoms with Crippen LogP contribution in [0.2, 0.25) is 0 Å². The van der Waals surface area contributed by atoms with E-state index in [1.54, 1.807) is 6.92 Å². The second kappa shape index (κ2) is 9.74. The number of carbonyl (C=O) groups excluding carboxylic acids is 3. The SMILES string of the molecule is CC[C@H](C)[C@H](N)C(=O)N[C@@H](CO)C(=O)N[C@@H](CC(N)=O)C(=O)O. The molecule has 4 atom stereocenters. The lowest BCUT2D eigenvalue weighted by molar-refractivity contribution is -0.144. The first-order chi connectivity index (χ1) is 10.6. The van der Waals surface area contributed by atoms with E-state index < -0.39 is 54.8 Å². The molecule has 0 aromatic carbocycles. The van der Waals surface area contributed by atoms with Crippen molar-refractivity contribution in [1.82, 2.24) is 10.6 Å². The first kappa shape index (κ1) is 20.8. The van der Waals surface area contributed by atoms with Gasteiger partial charge in [-0.25, -0.2) is 4.79 Å². The number of carbonyl (C=O) groups is 4. The maximum absolute atomic E-state index is 11.9. The van der Waals surface area contributed by atoms with Crippen LogP contribution in [0.3, 0.4) is 0 Å². The molecule has 0 radical (unpaired) electrons. The van der Waals surface area contributed by atoms with Gasteiger partial charge in [-0.15, -0.1) is 0 Å². The van der Waals surface area contributed by atoms with E-state index in [0.717, 1.165) is 0 Å². The zero-order valence-electron chi connectivity index (χ0n) is 13.1. The van der Waals surface area contributed by atoms with E-state index in [9.17, 15) is 24.3 Å². The van der Waals surface area contributed by atoms with Crippen molar-refractivity contribution in [3.8, 4) is 0 Å². The van der Waals surface area contributed by atoms with Crippen LogP contribution in [0.25, 0.3) is 0 Å². The highest BCUT2D eigenvalue weighted by Crippen LogP contribution is 2.05. The molecule has 0 fully saturated rings. The van der Waals surface area contributed by atoms with Gasteiger partial charge < -0.3 is 32.3 Å². The number of hydrogen-bond donors (Lipinski definition) is 6. The summed E-state index contributed by atoms with van der Waals surface area (Å²) in [7, 11) is 0. The van der Waals surface area contributed by atoms with Crippen molar-refractivity contribution in [2.24, 2.45) is 17.4 Å². The molecule has 0 saturated carbocycles. The van der Waals surface area contributed by atoms with Crippen LogP contribution in [0.5, 0.6) is 0 Å². The van der Waals surface area contributed by atoms with Crippen LogP contribution in [0.4, 0.5) is 0 Å². The zero-order valence-corrected chi connectivity index (χ0v) is 13.1. The highest BCUT2D eigenvalue weighted by atomic mass is 16.4. The molecule has 132 valence electrons. The summed E-state index contributed by atoms with van der Waals surface area (Å²) in [6.07, 6.45) is 0.0316. The number of rotatable bonds is 10. The molecule has 23 heavy (non-hydrogen) atoms. The summed E-state index contributed by atoms with van der Waals surface area (Å²) < 4.78 is 0. The summed E-state index contributed by atoms with van der Waals surface area (Å²) in [4.78, 5) is 45.6. The maximum atomic E-state index is 11.9. The second-order valence-corrected chi connectivity index (χ2v) is 5.22. The van der Waals surface area contributed by atoms with Crippen molar-refractivity contribution < 1.29 is 29.4 Å². The van der Waals surface area contributed by atoms with E-state index in [2.05, 4.69) is 5.32 Å². The minimum absolute atomic E-state index is 0.140. The van der Waals surface area contributed by atoms with Gasteiger partial charge in [0.2, 0.25) is 17.7 Å². The van der Waals surface area contributed by atoms with Gasteiger partial charge >= 0.3 is 5.97 Å². The third-order valence-electron chi connectivity index (χ3n) is 3.40. The topological polar surface area (TPSA) is 185 Å². The lowest BCUT2D eigenvalue weighted by Crippen LogP contribution is -2.57. The number of nitrogens with two attached hydrogens (primary N) is 2. The summed E-state index contributed by atoms with van der Waals surface area (Å²) in [5.74, 6) is -4.11. The highest BCUT2D eigenvalue weighted by Gasteiger charge is 2.29. The number of nitrogens with one attached hydrogen (secondary N) is 2. The molecule has 0 aliphatic carbocycles. The van der Waals surface area contributed by atoms with Crippen LogP contribution in [-0.4, -0.2) is 58.6 Å². The van der Waals surface area contributed by atoms with Crippen LogP contribution in [0.15, 0.2) is 0 Å². The minimum Gasteiger partial charge on any atom is -0.480 e. The Hall–Kier alpha value is -2.20. The third-order valence-corrected chi connectivity index (χ3v) is 3.40. The molecule has 8 N–H and O–H groups in total. The predicted octanol–water partition coefficient (Wildman–Crippen LogP) is -2.72. The van der Waals surface area contributed by atoms with Gasteiger partial charge in [0.05, 0.1) is 19.1 Å². The molecule has 0 unspecified atom stereocenters. The number of amides is 3. The van der Waals surface area contributed by atoms with E-state index in [0.29, 0.717) is 6.42 Å². The summed E-state index contributed by atoms with van der Waals surface area (Å²) >= 11 is 0. The highest BCUT2D eigenvalue weighted by molar-refractivity contribution is 5.93. The fourth-order valence-electron chi connectivity index (χ4n) is 1.65. The number of carboxylic acids is 1. The average Bonchev–Trinajstić information content (AvgIpc) is 2.49. The molecule has 0 aromatic rings. The van der Waals surface area contributed by atoms with Gasteiger partial charge in [0.25, 0.3) is 0 Å². The van der Waals surface area contributed by atoms with Crippen molar-refractivity contribution in [2.45, 2.75) is 44.8 Å². The first-order valence-electron chi connectivity index (χ1n) is 7.12. The molecule has 0 aliphatic rings. The van der Waals surface area contributed by atoms with Crippen LogP contribution >= 0.6 is 0 Å². The third kappa shape index (κ3) is 7.06. The van der Waals surface area contributed by atoms with E-state index in [1.165, 1.54) is 0 Å². The summed E-state index contributed by atoms with van der Waals surface area (Å²) in [6, 6.07) is -3.80. The quantitative estimate of drug-likeness (QED) is 0.251. The monoisotopic (exact) mass is 332 g/mol. The van der Waals surface area contributed by atoms with Crippen LogP contribution in [-0.2, 0) is 19.2 Å². The molecule has 0 aliphatic heterocycles. The Morgan fingerprint density at radius 2 is 1.61 bits per heavy atom. The number of hydrogen-bond acceptors (Lipinski definition) is 6. The van der Waals surface area contributed by atoms with Crippen molar-refractivity contribution in [3.63, 3.8) is 0 Å². The van der Waals surface area contributed by atoms with Crippen LogP contribution in [0.1, 0.15) is 26.7 Å². The van der Waals surface area contributed by atoms with Crippen LogP contribution < -0.4 is 22.1 Å². The van der Waals surface area contributed by atoms with E-state index in [4.69, 9.17) is 16.6 Å². The van der Waals surface area contributed by atoms with Crippen molar-refractivity contribution in [1.29, 1.82) is 0 Å². The van der Waals surface area contributed by atoms with Crippen molar-refractivity contribution in [2.75, 3.05) is 6.61 Å². The van der Waals surface area contributed by atoms with Crippen LogP contribution in [0, 0.1) is 5.92 Å². The van der Waals surface area contributed by atoms with Gasteiger partial charge in [0, 0.05) is 0 Å². The number of aliphatic hydroxyl groups excluding tert-OH is 1. The minimum atomic E-state index is -1.55. The van der Waals surface area contributed by atoms with E-state index in [-0.39, 0.29) is 5.92 Å². The fourth-order valence-corrected chi connectivity index (χ4v) is 1.65. The Bertz CT molecular complexity index is 456. The number of aliphatic hydroxyl groups is 1. The molecule has 10 heteroatoms. The number of primary amides is 1. The van der Waals surface area contributed by atoms with E-state index >= 15 is 0 Å². The van der Waals surface area contributed by atoms with Crippen molar-refractivity contribution in [3.05, 3.63) is 0 Å². The smallest absolute Gasteiger partial charge is 0.326 e. The molecule has 0 spiro atoms. The normalized spacial score (nSPS) is 15.8. The predicted molar refractivity (Wildman–Crippen MR) is 79.8 cm³/mol. The van der Waals surface area contributed by atoms with Gasteiger partial charge in [-0.1, -0.05) is 20.3 Å². The molecular weight excluding hydrogens is 308 g/mol. The maximum Gasteiger partial charge on any atom is 0.326 e. The molecular formula is C13H24N4O6. The van der Waals surface area contributed by atoms with Gasteiger partial charge in [0.1, 0.15) is 12.1 Å². The van der Waals surface area contributed by atoms with Gasteiger partial charge in [-0.3, -0.25) is 14.4 Å². The molecule has 0 saturated heterocycles. The Balaban J connectivity index is 4.82. The Kier molecular flexibility index (Phi) is 8.81. The van der Waals surface area contributed by atoms with E-state index in [1.807, 2.05) is 12.2 Å². The first-order valence-corrected chi connectivity index (χ1v) is 7.12. The Morgan fingerprint density at radius 3 is 2.00 bits per heavy atom. The average molecular weight is 332 g/mol. The van der Waals surface area contributed by atoms with Crippen molar-refractivity contribution >= 4 is 23.7 Å². The molecule has 3 amide bonds. The molecule has 0 bridgehead atoms. The van der Waals surface area contributed by atoms with Gasteiger partial charge in [-0.2, -0.15) is 0 Å². The van der Waals surface area contributed by atoms with Gasteiger partial charge in [0.15, 0.2) is 0 Å². The number of aliphatic carboxylic acids is 1. The second-order valence-electron chi connectivity index (χ2n) is 5.22. The lowest BCUT2D eigenvalue weighted by atomic mass is 9.99. The lowest BCUT2D eigenvalue weighted by Gasteiger charge is -2.23. The molecule has 0 heterocycles. The molecule has 10 nitrogen and oxygen atoms in total. The molecule has 0 rings (SSSR count). The summed E-state index contributed by atoms with van der Waals surface area (Å²) in [5, 5.41) is 22.4. The zero-order chi connectivity index (χ0) is 18.2. The Morgan fingerprint density at radius 1 is 1.09 bits per heavy atom. The van der Waals surface area contributed by atoms with Gasteiger partial charge in [-0.05, 0) is 5.92 Å². The Labute approximate surface area is 133 Å². The standard InChI is InChI=1S/C13H24N4O6/c1-3-6(2)10(15)12(21)17-8(5-18)11(20)16-7(13(22)23)4-9(14)19/h6-8,10,18H,3-5,15H2,1-2H3,(H2,14,19)(H,16,20)(H,17,21)(H,22,23)/t6-,7-,8-,10-/m0/s1. The number of carboxylic acid groups (broad SMARTS) is 1.